The molecule has 12 aromatic rings. The van der Waals surface area contributed by atoms with Gasteiger partial charge in [-0.25, -0.2) is 0 Å². The second kappa shape index (κ2) is 12.2. The number of furan rings is 1. The molecule has 60 heavy (non-hydrogen) atoms. The zero-order valence-corrected chi connectivity index (χ0v) is 33.3. The van der Waals surface area contributed by atoms with Gasteiger partial charge in [-0.3, -0.25) is 0 Å². The van der Waals surface area contributed by atoms with Crippen molar-refractivity contribution < 1.29 is 4.42 Å². The molecule has 0 amide bonds. The van der Waals surface area contributed by atoms with E-state index in [9.17, 15) is 0 Å². The molecule has 0 unspecified atom stereocenters. The Labute approximate surface area is 347 Å². The zero-order chi connectivity index (χ0) is 39.7. The van der Waals surface area contributed by atoms with Gasteiger partial charge < -0.3 is 13.7 Å². The summed E-state index contributed by atoms with van der Waals surface area (Å²) in [5, 5.41) is 7.33. The molecular formula is C57H38N2O. The van der Waals surface area contributed by atoms with Crippen LogP contribution in [-0.2, 0) is 5.41 Å². The summed E-state index contributed by atoms with van der Waals surface area (Å²) in [4.78, 5) is 2.44. The molecule has 0 atom stereocenters. The highest BCUT2D eigenvalue weighted by molar-refractivity contribution is 6.27. The van der Waals surface area contributed by atoms with Gasteiger partial charge in [0.15, 0.2) is 0 Å². The molecule has 0 N–H and O–H groups in total. The van der Waals surface area contributed by atoms with Gasteiger partial charge in [0, 0.05) is 49.1 Å². The summed E-state index contributed by atoms with van der Waals surface area (Å²) in [5.41, 5.74) is 19.0. The number of nitrogens with zero attached hydrogens (tertiary/aromatic N) is 2. The van der Waals surface area contributed by atoms with Crippen LogP contribution in [0.25, 0.3) is 93.4 Å². The highest BCUT2D eigenvalue weighted by atomic mass is 16.3. The maximum Gasteiger partial charge on any atom is 0.136 e. The predicted octanol–water partition coefficient (Wildman–Crippen LogP) is 15.8. The highest BCUT2D eigenvalue weighted by Gasteiger charge is 2.35. The Bertz CT molecular complexity index is 3680. The van der Waals surface area contributed by atoms with E-state index >= 15 is 0 Å². The molecule has 1 aliphatic rings. The summed E-state index contributed by atoms with van der Waals surface area (Å²) in [6, 6.07) is 71.2. The van der Waals surface area contributed by atoms with E-state index in [4.69, 9.17) is 4.42 Å². The summed E-state index contributed by atoms with van der Waals surface area (Å²) in [7, 11) is 0. The van der Waals surface area contributed by atoms with Gasteiger partial charge in [0.25, 0.3) is 0 Å². The Balaban J connectivity index is 0.973. The lowest BCUT2D eigenvalue weighted by Crippen LogP contribution is -2.14. The van der Waals surface area contributed by atoms with Crippen molar-refractivity contribution in [3.63, 3.8) is 0 Å². The predicted molar refractivity (Wildman–Crippen MR) is 251 cm³/mol. The summed E-state index contributed by atoms with van der Waals surface area (Å²) in [6.45, 7) is 4.68. The van der Waals surface area contributed by atoms with Crippen molar-refractivity contribution in [2.24, 2.45) is 0 Å². The molecule has 0 saturated carbocycles. The maximum atomic E-state index is 6.29. The van der Waals surface area contributed by atoms with Gasteiger partial charge in [0.2, 0.25) is 0 Å². The van der Waals surface area contributed by atoms with Crippen molar-refractivity contribution in [3.05, 3.63) is 205 Å². The largest absolute Gasteiger partial charge is 0.456 e. The van der Waals surface area contributed by atoms with Crippen LogP contribution in [0.3, 0.4) is 0 Å². The smallest absolute Gasteiger partial charge is 0.136 e. The second-order valence-corrected chi connectivity index (χ2v) is 16.9. The van der Waals surface area contributed by atoms with Gasteiger partial charge in [-0.2, -0.15) is 0 Å². The van der Waals surface area contributed by atoms with Gasteiger partial charge in [0.1, 0.15) is 11.2 Å². The molecule has 0 aliphatic heterocycles. The summed E-state index contributed by atoms with van der Waals surface area (Å²) in [5.74, 6) is 0. The number of aromatic nitrogens is 1. The molecule has 282 valence electrons. The lowest BCUT2D eigenvalue weighted by Gasteiger charge is -2.27. The molecule has 3 heterocycles. The third kappa shape index (κ3) is 4.60. The lowest BCUT2D eigenvalue weighted by molar-refractivity contribution is 0.660. The van der Waals surface area contributed by atoms with E-state index in [1.807, 2.05) is 12.1 Å². The molecule has 0 saturated heterocycles. The van der Waals surface area contributed by atoms with Crippen LogP contribution in [-0.4, -0.2) is 4.40 Å². The van der Waals surface area contributed by atoms with E-state index in [-0.39, 0.29) is 5.41 Å². The molecule has 9 aromatic carbocycles. The first-order valence-electron chi connectivity index (χ1n) is 20.8. The normalized spacial score (nSPS) is 13.3. The zero-order valence-electron chi connectivity index (χ0n) is 33.3. The minimum absolute atomic E-state index is 0.0165. The molecule has 3 aromatic heterocycles. The van der Waals surface area contributed by atoms with Gasteiger partial charge in [0.05, 0.1) is 22.2 Å². The van der Waals surface area contributed by atoms with Crippen molar-refractivity contribution in [1.29, 1.82) is 0 Å². The van der Waals surface area contributed by atoms with Gasteiger partial charge in [-0.1, -0.05) is 141 Å². The van der Waals surface area contributed by atoms with E-state index in [0.717, 1.165) is 50.1 Å². The standard InChI is InChI=1S/C57H38N2O/c1-57(2)48-15-7-3-11-41(48)47-33-37(24-31-49(47)57)35-19-25-39(26-20-35)58(40-27-21-36(22-28-40)38-23-29-44-43-13-6-10-18-53(43)60-54(44)34-38)52-32-30-45-42-12-4-8-16-50(42)59-51-17-9-5-14-46(51)55(52)56(45)59/h3-34H,1-2H3. The van der Waals surface area contributed by atoms with E-state index in [1.54, 1.807) is 0 Å². The van der Waals surface area contributed by atoms with Crippen LogP contribution in [0.1, 0.15) is 25.0 Å². The van der Waals surface area contributed by atoms with Gasteiger partial charge >= 0.3 is 0 Å². The molecule has 0 radical (unpaired) electrons. The van der Waals surface area contributed by atoms with Crippen LogP contribution in [0.15, 0.2) is 199 Å². The maximum absolute atomic E-state index is 6.29. The molecule has 0 bridgehead atoms. The quantitative estimate of drug-likeness (QED) is 0.174. The Kier molecular flexibility index (Phi) is 6.78. The van der Waals surface area contributed by atoms with Crippen LogP contribution < -0.4 is 4.90 Å². The Hall–Kier alpha value is -7.62. The molecule has 1 aliphatic carbocycles. The van der Waals surface area contributed by atoms with Crippen molar-refractivity contribution in [2.75, 3.05) is 4.90 Å². The second-order valence-electron chi connectivity index (χ2n) is 16.9. The molecule has 0 spiro atoms. The van der Waals surface area contributed by atoms with Crippen molar-refractivity contribution in [2.45, 2.75) is 19.3 Å². The average molecular weight is 767 g/mol. The fourth-order valence-corrected chi connectivity index (χ4v) is 10.5. The molecular weight excluding hydrogens is 729 g/mol. The minimum Gasteiger partial charge on any atom is -0.456 e. The third-order valence-electron chi connectivity index (χ3n) is 13.3. The number of hydrogen-bond acceptors (Lipinski definition) is 2. The van der Waals surface area contributed by atoms with Crippen LogP contribution in [0.4, 0.5) is 17.1 Å². The Morgan fingerprint density at radius 1 is 0.417 bits per heavy atom. The first kappa shape index (κ1) is 33.4. The number of benzene rings is 9. The van der Waals surface area contributed by atoms with Gasteiger partial charge in [-0.05, 0) is 111 Å². The number of hydrogen-bond donors (Lipinski definition) is 0. The first-order chi connectivity index (χ1) is 29.5. The van der Waals surface area contributed by atoms with E-state index in [1.165, 1.54) is 71.5 Å². The topological polar surface area (TPSA) is 20.8 Å². The third-order valence-corrected chi connectivity index (χ3v) is 13.3. The van der Waals surface area contributed by atoms with Crippen LogP contribution >= 0.6 is 0 Å². The minimum atomic E-state index is -0.0165. The molecule has 13 rings (SSSR count). The van der Waals surface area contributed by atoms with E-state index in [2.05, 4.69) is 205 Å². The number of rotatable bonds is 5. The van der Waals surface area contributed by atoms with Crippen LogP contribution in [0, 0.1) is 0 Å². The van der Waals surface area contributed by atoms with Crippen molar-refractivity contribution >= 4 is 77.1 Å². The summed E-state index contributed by atoms with van der Waals surface area (Å²) >= 11 is 0. The highest BCUT2D eigenvalue weighted by Crippen LogP contribution is 2.51. The lowest BCUT2D eigenvalue weighted by atomic mass is 9.82. The van der Waals surface area contributed by atoms with Crippen LogP contribution in [0.2, 0.25) is 0 Å². The van der Waals surface area contributed by atoms with E-state index < -0.39 is 0 Å². The monoisotopic (exact) mass is 766 g/mol. The molecule has 3 nitrogen and oxygen atoms in total. The Morgan fingerprint density at radius 3 is 1.73 bits per heavy atom. The average Bonchev–Trinajstić information content (AvgIpc) is 4.02. The first-order valence-corrected chi connectivity index (χ1v) is 20.8. The van der Waals surface area contributed by atoms with E-state index in [0.29, 0.717) is 0 Å². The number of para-hydroxylation sites is 3. The fraction of sp³-hybridized carbons (Fsp3) is 0.0526. The van der Waals surface area contributed by atoms with Crippen molar-refractivity contribution in [3.8, 4) is 33.4 Å². The Morgan fingerprint density at radius 2 is 0.967 bits per heavy atom. The molecule has 3 heteroatoms. The number of fused-ring (bicyclic) bond motifs is 12. The summed E-state index contributed by atoms with van der Waals surface area (Å²) < 4.78 is 8.75. The SMILES string of the molecule is CC1(C)c2ccccc2-c2cc(-c3ccc(N(c4ccc(-c5ccc6c(c5)oc5ccccc56)cc4)c4ccc5c6ccccc6n6c7ccccc7c4c56)cc3)ccc21. The fourth-order valence-electron chi connectivity index (χ4n) is 10.5. The number of anilines is 3. The van der Waals surface area contributed by atoms with Crippen LogP contribution in [0.5, 0.6) is 0 Å². The molecule has 0 fully saturated rings. The summed E-state index contributed by atoms with van der Waals surface area (Å²) in [6.07, 6.45) is 0. The van der Waals surface area contributed by atoms with Crippen molar-refractivity contribution in [1.82, 2.24) is 4.40 Å². The van der Waals surface area contributed by atoms with Gasteiger partial charge in [-0.15, -0.1) is 0 Å².